The van der Waals surface area contributed by atoms with Gasteiger partial charge in [0.25, 0.3) is 0 Å². The highest BCUT2D eigenvalue weighted by Gasteiger charge is 2.67. The summed E-state index contributed by atoms with van der Waals surface area (Å²) in [5.41, 5.74) is 7.68. The summed E-state index contributed by atoms with van der Waals surface area (Å²) >= 11 is 0. The van der Waals surface area contributed by atoms with Gasteiger partial charge in [-0.15, -0.1) is 0 Å². The number of anilines is 3. The van der Waals surface area contributed by atoms with Crippen molar-refractivity contribution in [2.45, 2.75) is 69.2 Å². The van der Waals surface area contributed by atoms with Crippen molar-refractivity contribution in [2.75, 3.05) is 56.1 Å². The van der Waals surface area contributed by atoms with Crippen LogP contribution in [0.2, 0.25) is 0 Å². The van der Waals surface area contributed by atoms with E-state index in [1.807, 2.05) is 18.2 Å². The van der Waals surface area contributed by atoms with Gasteiger partial charge < -0.3 is 34.9 Å². The summed E-state index contributed by atoms with van der Waals surface area (Å²) in [5.74, 6) is 4.55. The molecular weight excluding hydrogens is 550 g/mol. The van der Waals surface area contributed by atoms with E-state index in [4.69, 9.17) is 24.2 Å². The molecule has 3 aliphatic heterocycles. The number of fused-ring (bicyclic) bond motifs is 3. The van der Waals surface area contributed by atoms with Gasteiger partial charge in [0.05, 0.1) is 44.6 Å². The number of nitrogens with one attached hydrogen (secondary N) is 4. The normalized spacial score (nSPS) is 31.4. The van der Waals surface area contributed by atoms with Gasteiger partial charge >= 0.3 is 0 Å². The molecule has 6 atom stereocenters. The van der Waals surface area contributed by atoms with Gasteiger partial charge in [-0.3, -0.25) is 10.2 Å². The Morgan fingerprint density at radius 2 is 1.98 bits per heavy atom. The van der Waals surface area contributed by atoms with Crippen LogP contribution < -0.4 is 35.9 Å². The Hall–Kier alpha value is -3.19. The predicted octanol–water partition coefficient (Wildman–Crippen LogP) is 2.18. The van der Waals surface area contributed by atoms with E-state index in [-0.39, 0.29) is 18.1 Å². The number of nitrogens with zero attached hydrogens (tertiary/aromatic N) is 3. The summed E-state index contributed by atoms with van der Waals surface area (Å²) in [5, 5.41) is 17.3. The van der Waals surface area contributed by atoms with Crippen LogP contribution in [-0.4, -0.2) is 79.3 Å². The Morgan fingerprint density at radius 1 is 1.16 bits per heavy atom. The molecule has 43 heavy (non-hydrogen) atoms. The Balaban J connectivity index is 1.08. The van der Waals surface area contributed by atoms with Crippen LogP contribution in [0, 0.1) is 17.8 Å². The van der Waals surface area contributed by atoms with Gasteiger partial charge in [0.1, 0.15) is 11.6 Å². The molecule has 1 spiro atoms. The maximum absolute atomic E-state index is 13.2. The number of methoxy groups -OCH3 is 2. The average molecular weight is 594 g/mol. The zero-order valence-electron chi connectivity index (χ0n) is 25.4. The molecule has 1 amide bonds. The zero-order valence-corrected chi connectivity index (χ0v) is 25.4. The van der Waals surface area contributed by atoms with E-state index in [0.29, 0.717) is 67.9 Å². The lowest BCUT2D eigenvalue weighted by molar-refractivity contribution is -0.118. The molecule has 12 nitrogen and oxygen atoms in total. The van der Waals surface area contributed by atoms with Crippen molar-refractivity contribution in [1.29, 1.82) is 0 Å². The number of morpholine rings is 1. The van der Waals surface area contributed by atoms with Gasteiger partial charge in [-0.05, 0) is 75.1 Å². The third kappa shape index (κ3) is 5.07. The summed E-state index contributed by atoms with van der Waals surface area (Å²) in [7, 11) is 3.32. The number of amides is 1. The average Bonchev–Trinajstić information content (AvgIpc) is 3.54. The number of carbonyl (C=O) groups is 1. The quantitative estimate of drug-likeness (QED) is 0.308. The molecule has 2 aliphatic carbocycles. The van der Waals surface area contributed by atoms with Crippen LogP contribution in [0.3, 0.4) is 0 Å². The minimum Gasteiger partial charge on any atom is -0.497 e. The Bertz CT molecular complexity index is 1390. The zero-order chi connectivity index (χ0) is 29.9. The first kappa shape index (κ1) is 28.6. The molecule has 1 aromatic carbocycles. The first-order valence-corrected chi connectivity index (χ1v) is 15.5. The molecular formula is C31H43N7O5. The van der Waals surface area contributed by atoms with Gasteiger partial charge in [0.15, 0.2) is 11.6 Å². The summed E-state index contributed by atoms with van der Waals surface area (Å²) in [6.07, 6.45) is 4.23. The van der Waals surface area contributed by atoms with Crippen LogP contribution in [0.5, 0.6) is 11.5 Å². The number of benzene rings is 1. The lowest BCUT2D eigenvalue weighted by Crippen LogP contribution is -2.40. The van der Waals surface area contributed by atoms with Gasteiger partial charge in [0.2, 0.25) is 11.7 Å². The third-order valence-electron chi connectivity index (χ3n) is 10.0. The van der Waals surface area contributed by atoms with Gasteiger partial charge in [0, 0.05) is 37.2 Å². The van der Waals surface area contributed by atoms with Gasteiger partial charge in [-0.2, -0.15) is 0 Å². The molecule has 2 saturated heterocycles. The number of aromatic nitrogens is 2. The minimum atomic E-state index is -0.952. The summed E-state index contributed by atoms with van der Waals surface area (Å²) < 4.78 is 16.9. The lowest BCUT2D eigenvalue weighted by atomic mass is 9.74. The van der Waals surface area contributed by atoms with Gasteiger partial charge in [-0.25, -0.2) is 15.4 Å². The molecule has 1 aromatic heterocycles. The molecule has 4 heterocycles. The van der Waals surface area contributed by atoms with E-state index < -0.39 is 11.0 Å². The summed E-state index contributed by atoms with van der Waals surface area (Å²) in [6, 6.07) is 6.18. The number of hydrogen-bond acceptors (Lipinski definition) is 11. The molecule has 5 N–H and O–H groups in total. The second-order valence-corrected chi connectivity index (χ2v) is 13.3. The first-order chi connectivity index (χ1) is 20.7. The first-order valence-electron chi connectivity index (χ1n) is 15.5. The molecule has 5 aliphatic rings. The topological polar surface area (TPSA) is 142 Å². The second-order valence-electron chi connectivity index (χ2n) is 13.3. The molecule has 4 unspecified atom stereocenters. The maximum Gasteiger partial charge on any atom is 0.235 e. The molecule has 12 heteroatoms. The predicted molar refractivity (Wildman–Crippen MR) is 161 cm³/mol. The third-order valence-corrected chi connectivity index (χ3v) is 10.0. The van der Waals surface area contributed by atoms with Crippen LogP contribution in [-0.2, 0) is 21.4 Å². The molecule has 0 bridgehead atoms. The van der Waals surface area contributed by atoms with E-state index in [1.54, 1.807) is 28.1 Å². The largest absolute Gasteiger partial charge is 0.497 e. The Labute approximate surface area is 252 Å². The fourth-order valence-corrected chi connectivity index (χ4v) is 7.89. The fourth-order valence-electron chi connectivity index (χ4n) is 7.89. The minimum absolute atomic E-state index is 0.0600. The number of aliphatic hydroxyl groups is 1. The monoisotopic (exact) mass is 593 g/mol. The molecule has 232 valence electrons. The van der Waals surface area contributed by atoms with Crippen molar-refractivity contribution in [1.82, 2.24) is 20.8 Å². The molecule has 7 rings (SSSR count). The molecule has 2 saturated carbocycles. The van der Waals surface area contributed by atoms with Crippen LogP contribution in [0.4, 0.5) is 17.3 Å². The lowest BCUT2D eigenvalue weighted by Gasteiger charge is -2.34. The number of rotatable bonds is 8. The Morgan fingerprint density at radius 3 is 2.72 bits per heavy atom. The van der Waals surface area contributed by atoms with Crippen molar-refractivity contribution in [3.05, 3.63) is 29.6 Å². The second kappa shape index (κ2) is 10.8. The number of hydrazine groups is 1. The van der Waals surface area contributed by atoms with Crippen molar-refractivity contribution in [3.63, 3.8) is 0 Å². The van der Waals surface area contributed by atoms with E-state index in [2.05, 4.69) is 26.4 Å². The highest BCUT2D eigenvalue weighted by atomic mass is 16.5. The van der Waals surface area contributed by atoms with E-state index in [9.17, 15) is 9.90 Å². The summed E-state index contributed by atoms with van der Waals surface area (Å²) in [4.78, 5) is 25.1. The van der Waals surface area contributed by atoms with Crippen molar-refractivity contribution in [2.24, 2.45) is 17.8 Å². The molecule has 2 aromatic rings. The summed E-state index contributed by atoms with van der Waals surface area (Å²) in [6.45, 7) is 6.20. The van der Waals surface area contributed by atoms with Crippen molar-refractivity contribution >= 4 is 23.2 Å². The molecule has 0 radical (unpaired) electrons. The van der Waals surface area contributed by atoms with E-state index in [1.165, 1.54) is 0 Å². The van der Waals surface area contributed by atoms with Crippen molar-refractivity contribution in [3.8, 4) is 11.5 Å². The SMILES string of the molecule is COc1ccc2c(c1)[C@]1(C[C@H]1C1CCC3C(C1)NNC3Nc1nc(CC(C)(C)O)nc(N3CCOCC3)c1OC)C(=O)N2. The highest BCUT2D eigenvalue weighted by molar-refractivity contribution is 6.09. The van der Waals surface area contributed by atoms with E-state index in [0.717, 1.165) is 48.5 Å². The molecule has 4 fully saturated rings. The fraction of sp³-hybridized carbons (Fsp3) is 0.645. The van der Waals surface area contributed by atoms with Crippen LogP contribution >= 0.6 is 0 Å². The standard InChI is InChI=1S/C31H43N7O5/c1-30(2,40)16-24-33-27(25(42-4)28(34-24)38-9-11-43-12-10-38)35-26-19-7-5-17(13-23(19)36-37-26)21-15-31(21)20-14-18(41-3)6-8-22(20)32-29(31)39/h6,8,14,17,19,21,23,26,36-37,40H,5,7,9-13,15-16H2,1-4H3,(H,32,39)(H,33,34,35)/t17?,19?,21-,23?,26?,31-/m0/s1. The number of carbonyl (C=O) groups excluding carboxylic acids is 1. The van der Waals surface area contributed by atoms with Crippen LogP contribution in [0.15, 0.2) is 18.2 Å². The van der Waals surface area contributed by atoms with Crippen LogP contribution in [0.25, 0.3) is 0 Å². The highest BCUT2D eigenvalue weighted by Crippen LogP contribution is 2.65. The van der Waals surface area contributed by atoms with Crippen LogP contribution in [0.1, 0.15) is 50.9 Å². The number of ether oxygens (including phenoxy) is 3. The number of hydrogen-bond donors (Lipinski definition) is 5. The van der Waals surface area contributed by atoms with Gasteiger partial charge in [-0.1, -0.05) is 0 Å². The van der Waals surface area contributed by atoms with Crippen molar-refractivity contribution < 1.29 is 24.1 Å². The Kier molecular flexibility index (Phi) is 7.15. The smallest absolute Gasteiger partial charge is 0.235 e. The maximum atomic E-state index is 13.2. The van der Waals surface area contributed by atoms with E-state index >= 15 is 0 Å².